The van der Waals surface area contributed by atoms with Crippen LogP contribution in [0.4, 0.5) is 5.69 Å². The van der Waals surface area contributed by atoms with Gasteiger partial charge in [-0.3, -0.25) is 4.79 Å². The number of aromatic nitrogens is 2. The third-order valence-corrected chi connectivity index (χ3v) is 7.03. The predicted molar refractivity (Wildman–Crippen MR) is 137 cm³/mol. The van der Waals surface area contributed by atoms with Crippen LogP contribution < -0.4 is 4.90 Å². The smallest absolute Gasteiger partial charge is 0.268 e. The van der Waals surface area contributed by atoms with Crippen LogP contribution in [-0.4, -0.2) is 46.6 Å². The molecule has 1 amide bonds. The summed E-state index contributed by atoms with van der Waals surface area (Å²) in [6, 6.07) is 16.8. The molecule has 4 rings (SSSR count). The molecule has 3 aromatic rings. The minimum atomic E-state index is 0.0299. The molecule has 2 heterocycles. The maximum Gasteiger partial charge on any atom is 0.268 e. The second-order valence-corrected chi connectivity index (χ2v) is 11.6. The molecule has 1 aliphatic rings. The summed E-state index contributed by atoms with van der Waals surface area (Å²) in [6.07, 6.45) is 0. The number of piperazine rings is 1. The predicted octanol–water partition coefficient (Wildman–Crippen LogP) is 5.76. The van der Waals surface area contributed by atoms with Gasteiger partial charge in [-0.2, -0.15) is 0 Å². The lowest BCUT2D eigenvalue weighted by Gasteiger charge is -2.37. The minimum Gasteiger partial charge on any atom is -0.368 e. The molecule has 0 spiro atoms. The summed E-state index contributed by atoms with van der Waals surface area (Å²) in [7, 11) is 0. The van der Waals surface area contributed by atoms with Gasteiger partial charge in [0.25, 0.3) is 5.91 Å². The molecule has 0 unspecified atom stereocenters. The molecule has 1 aromatic heterocycles. The Balaban J connectivity index is 1.52. The zero-order valence-electron chi connectivity index (χ0n) is 20.6. The van der Waals surface area contributed by atoms with Gasteiger partial charge in [-0.05, 0) is 45.6 Å². The van der Waals surface area contributed by atoms with Gasteiger partial charge in [0.1, 0.15) is 10.6 Å². The quantitative estimate of drug-likeness (QED) is 0.496. The van der Waals surface area contributed by atoms with Gasteiger partial charge in [-0.15, -0.1) is 5.10 Å². The molecule has 2 aromatic carbocycles. The van der Waals surface area contributed by atoms with Crippen LogP contribution >= 0.6 is 11.5 Å². The highest BCUT2D eigenvalue weighted by Gasteiger charge is 2.28. The number of amides is 1. The number of hydrogen-bond acceptors (Lipinski definition) is 5. The number of hydrogen-bond donors (Lipinski definition) is 0. The molecular formula is C27H34N4OS. The molecule has 0 N–H and O–H groups in total. The van der Waals surface area contributed by atoms with Crippen molar-refractivity contribution in [3.63, 3.8) is 0 Å². The van der Waals surface area contributed by atoms with Crippen molar-refractivity contribution < 1.29 is 4.79 Å². The Morgan fingerprint density at radius 3 is 1.97 bits per heavy atom. The van der Waals surface area contributed by atoms with Gasteiger partial charge in [0, 0.05) is 37.4 Å². The zero-order chi connectivity index (χ0) is 23.8. The van der Waals surface area contributed by atoms with Crippen molar-refractivity contribution in [2.24, 2.45) is 0 Å². The van der Waals surface area contributed by atoms with Crippen LogP contribution in [0.25, 0.3) is 11.3 Å². The van der Waals surface area contributed by atoms with E-state index in [1.807, 2.05) is 35.2 Å². The van der Waals surface area contributed by atoms with Crippen LogP contribution in [0.2, 0.25) is 0 Å². The summed E-state index contributed by atoms with van der Waals surface area (Å²) in [6.45, 7) is 16.6. The Morgan fingerprint density at radius 2 is 1.42 bits per heavy atom. The number of nitrogens with zero attached hydrogens (tertiary/aromatic N) is 4. The van der Waals surface area contributed by atoms with Crippen molar-refractivity contribution in [2.75, 3.05) is 31.1 Å². The first kappa shape index (κ1) is 23.4. The minimum absolute atomic E-state index is 0.0299. The van der Waals surface area contributed by atoms with Crippen LogP contribution in [0, 0.1) is 0 Å². The lowest BCUT2D eigenvalue weighted by Crippen LogP contribution is -2.48. The molecule has 1 aliphatic heterocycles. The third kappa shape index (κ3) is 5.11. The molecule has 1 saturated heterocycles. The normalized spacial score (nSPS) is 15.1. The second kappa shape index (κ2) is 8.90. The van der Waals surface area contributed by atoms with E-state index in [4.69, 9.17) is 0 Å². The Kier molecular flexibility index (Phi) is 6.32. The number of benzene rings is 2. The van der Waals surface area contributed by atoms with Crippen molar-refractivity contribution >= 4 is 23.1 Å². The molecule has 6 heteroatoms. The molecule has 33 heavy (non-hydrogen) atoms. The Morgan fingerprint density at radius 1 is 0.848 bits per heavy atom. The van der Waals surface area contributed by atoms with Gasteiger partial charge in [0.05, 0.1) is 0 Å². The average molecular weight is 463 g/mol. The fourth-order valence-electron chi connectivity index (χ4n) is 4.09. The largest absolute Gasteiger partial charge is 0.368 e. The second-order valence-electron chi connectivity index (χ2n) is 10.9. The summed E-state index contributed by atoms with van der Waals surface area (Å²) < 4.78 is 4.08. The molecule has 0 radical (unpaired) electrons. The van der Waals surface area contributed by atoms with Gasteiger partial charge in [0.15, 0.2) is 0 Å². The lowest BCUT2D eigenvalue weighted by atomic mass is 9.80. The Labute approximate surface area is 201 Å². The first-order valence-electron chi connectivity index (χ1n) is 11.6. The molecule has 174 valence electrons. The van der Waals surface area contributed by atoms with Crippen LogP contribution in [0.3, 0.4) is 0 Å². The van der Waals surface area contributed by atoms with Gasteiger partial charge in [-0.1, -0.05) is 82.4 Å². The lowest BCUT2D eigenvalue weighted by molar-refractivity contribution is 0.0752. The van der Waals surface area contributed by atoms with Gasteiger partial charge in [-0.25, -0.2) is 0 Å². The fourth-order valence-corrected chi connectivity index (χ4v) is 4.74. The first-order chi connectivity index (χ1) is 15.5. The number of rotatable bonds is 3. The average Bonchev–Trinajstić information content (AvgIpc) is 3.28. The van der Waals surface area contributed by atoms with Crippen molar-refractivity contribution in [2.45, 2.75) is 52.4 Å². The highest BCUT2D eigenvalue weighted by molar-refractivity contribution is 7.08. The van der Waals surface area contributed by atoms with Gasteiger partial charge < -0.3 is 9.80 Å². The van der Waals surface area contributed by atoms with Crippen LogP contribution in [0.1, 0.15) is 62.3 Å². The number of anilines is 1. The van der Waals surface area contributed by atoms with E-state index in [-0.39, 0.29) is 16.7 Å². The Hall–Kier alpha value is -2.73. The SMILES string of the molecule is CC(C)(C)c1cc(N2CCN(C(=O)c3snnc3-c3ccccc3)CC2)cc(C(C)(C)C)c1. The molecule has 0 atom stereocenters. The van der Waals surface area contributed by atoms with Crippen LogP contribution in [0.5, 0.6) is 0 Å². The maximum atomic E-state index is 13.3. The highest BCUT2D eigenvalue weighted by atomic mass is 32.1. The van der Waals surface area contributed by atoms with Crippen LogP contribution in [-0.2, 0) is 10.8 Å². The molecule has 0 saturated carbocycles. The molecule has 0 aliphatic carbocycles. The monoisotopic (exact) mass is 462 g/mol. The summed E-state index contributed by atoms with van der Waals surface area (Å²) in [5.74, 6) is 0.0299. The van der Waals surface area contributed by atoms with E-state index in [2.05, 4.69) is 74.2 Å². The highest BCUT2D eigenvalue weighted by Crippen LogP contribution is 2.34. The molecule has 1 fully saturated rings. The van der Waals surface area contributed by atoms with E-state index in [0.29, 0.717) is 23.7 Å². The van der Waals surface area contributed by atoms with Crippen molar-refractivity contribution in [3.8, 4) is 11.3 Å². The van der Waals surface area contributed by atoms with E-state index in [9.17, 15) is 4.79 Å². The van der Waals surface area contributed by atoms with Gasteiger partial charge in [0.2, 0.25) is 0 Å². The van der Waals surface area contributed by atoms with E-state index in [1.165, 1.54) is 28.3 Å². The van der Waals surface area contributed by atoms with Crippen molar-refractivity contribution in [1.29, 1.82) is 0 Å². The summed E-state index contributed by atoms with van der Waals surface area (Å²) in [5, 5.41) is 4.24. The number of carbonyl (C=O) groups is 1. The molecule has 5 nitrogen and oxygen atoms in total. The Bertz CT molecular complexity index is 1080. The van der Waals surface area contributed by atoms with Crippen molar-refractivity contribution in [1.82, 2.24) is 14.5 Å². The van der Waals surface area contributed by atoms with E-state index >= 15 is 0 Å². The van der Waals surface area contributed by atoms with E-state index in [1.54, 1.807) is 0 Å². The standard InChI is InChI=1S/C27H34N4OS/c1-26(2,3)20-16-21(27(4,5)6)18-22(17-20)30-12-14-31(15-13-30)25(32)24-23(28-29-33-24)19-10-8-7-9-11-19/h7-11,16-18H,12-15H2,1-6H3. The van der Waals surface area contributed by atoms with E-state index < -0.39 is 0 Å². The topological polar surface area (TPSA) is 49.3 Å². The summed E-state index contributed by atoms with van der Waals surface area (Å²) in [4.78, 5) is 18.3. The summed E-state index contributed by atoms with van der Waals surface area (Å²) in [5.41, 5.74) is 5.74. The third-order valence-electron chi connectivity index (χ3n) is 6.31. The molecular weight excluding hydrogens is 428 g/mol. The fraction of sp³-hybridized carbons (Fsp3) is 0.444. The molecule has 0 bridgehead atoms. The van der Waals surface area contributed by atoms with Crippen molar-refractivity contribution in [3.05, 3.63) is 64.5 Å². The first-order valence-corrected chi connectivity index (χ1v) is 12.4. The maximum absolute atomic E-state index is 13.3. The number of carbonyl (C=O) groups excluding carboxylic acids is 1. The summed E-state index contributed by atoms with van der Waals surface area (Å²) >= 11 is 1.19. The van der Waals surface area contributed by atoms with E-state index in [0.717, 1.165) is 18.7 Å². The zero-order valence-corrected chi connectivity index (χ0v) is 21.4. The van der Waals surface area contributed by atoms with Gasteiger partial charge >= 0.3 is 0 Å². The van der Waals surface area contributed by atoms with Crippen LogP contribution in [0.15, 0.2) is 48.5 Å².